The van der Waals surface area contributed by atoms with Crippen LogP contribution in [0, 0.1) is 11.8 Å². The number of aliphatic hydroxyl groups is 1. The van der Waals surface area contributed by atoms with Gasteiger partial charge in [0.1, 0.15) is 22.2 Å². The Kier molecular flexibility index (Phi) is 10.4. The molecule has 0 amide bonds. The Bertz CT molecular complexity index is 643. The summed E-state index contributed by atoms with van der Waals surface area (Å²) in [5.74, 6) is -1.05. The first-order chi connectivity index (χ1) is 11.9. The zero-order chi connectivity index (χ0) is 18.3. The molecular formula is C18H25NaO6S. The summed E-state index contributed by atoms with van der Waals surface area (Å²) in [5.41, 5.74) is -1.25. The molecule has 26 heavy (non-hydrogen) atoms. The first kappa shape index (κ1) is 23.6. The van der Waals surface area contributed by atoms with Crippen LogP contribution in [0.5, 0.6) is 0 Å². The van der Waals surface area contributed by atoms with Gasteiger partial charge in [0.2, 0.25) is 0 Å². The molecule has 1 aromatic carbocycles. The smallest absolute Gasteiger partial charge is 0.746 e. The van der Waals surface area contributed by atoms with E-state index in [1.54, 1.807) is 0 Å². The molecule has 8 heteroatoms. The van der Waals surface area contributed by atoms with Crippen molar-refractivity contribution in [2.45, 2.75) is 57.0 Å². The van der Waals surface area contributed by atoms with Gasteiger partial charge < -0.3 is 14.4 Å². The van der Waals surface area contributed by atoms with Gasteiger partial charge in [-0.15, -0.1) is 0 Å². The van der Waals surface area contributed by atoms with Crippen molar-refractivity contribution in [3.8, 4) is 0 Å². The largest absolute Gasteiger partial charge is 1.00 e. The number of carbonyl (C=O) groups is 1. The molecular weight excluding hydrogens is 367 g/mol. The third kappa shape index (κ3) is 8.06. The van der Waals surface area contributed by atoms with E-state index in [2.05, 4.69) is 0 Å². The molecule has 2 rings (SSSR count). The molecule has 0 bridgehead atoms. The predicted molar refractivity (Wildman–Crippen MR) is 91.2 cm³/mol. The van der Waals surface area contributed by atoms with Crippen LogP contribution in [0.25, 0.3) is 0 Å². The molecule has 0 aromatic heterocycles. The van der Waals surface area contributed by atoms with E-state index in [9.17, 15) is 22.9 Å². The zero-order valence-corrected chi connectivity index (χ0v) is 18.0. The van der Waals surface area contributed by atoms with E-state index < -0.39 is 33.9 Å². The van der Waals surface area contributed by atoms with Crippen molar-refractivity contribution in [3.05, 3.63) is 35.9 Å². The molecule has 1 saturated carbocycles. The normalized spacial score (nSPS) is 17.8. The van der Waals surface area contributed by atoms with Gasteiger partial charge in [-0.3, -0.25) is 4.79 Å². The van der Waals surface area contributed by atoms with Gasteiger partial charge in [-0.25, -0.2) is 8.42 Å². The van der Waals surface area contributed by atoms with E-state index in [0.717, 1.165) is 37.7 Å². The van der Waals surface area contributed by atoms with E-state index in [1.165, 1.54) is 0 Å². The van der Waals surface area contributed by atoms with Gasteiger partial charge in [-0.2, -0.15) is 0 Å². The van der Waals surface area contributed by atoms with Gasteiger partial charge in [-0.05, 0) is 24.3 Å². The zero-order valence-electron chi connectivity index (χ0n) is 15.2. The van der Waals surface area contributed by atoms with Crippen molar-refractivity contribution < 1.29 is 57.2 Å². The summed E-state index contributed by atoms with van der Waals surface area (Å²) in [6, 6.07) is 9.15. The minimum atomic E-state index is -4.84. The molecule has 0 heterocycles. The number of carbonyl (C=O) groups excluding carboxylic acids is 1. The minimum Gasteiger partial charge on any atom is -0.746 e. The maximum atomic E-state index is 12.4. The van der Waals surface area contributed by atoms with Crippen molar-refractivity contribution in [1.82, 2.24) is 0 Å². The standard InChI is InChI=1S/C18H26O6S.Na/c19-17(25(21,22)23)12-16(11-14-7-3-1-4-8-14)18(20)24-13-15-9-5-2-6-10-15;/h2,5-6,9-10,14,16-17,19H,1,3-4,7-8,11-13H2,(H,21,22,23);/q;+1/p-1. The van der Waals surface area contributed by atoms with Crippen molar-refractivity contribution in [2.75, 3.05) is 0 Å². The average Bonchev–Trinajstić information content (AvgIpc) is 2.60. The minimum absolute atomic E-state index is 0. The number of ether oxygens (including phenoxy) is 1. The number of hydrogen-bond donors (Lipinski definition) is 1. The van der Waals surface area contributed by atoms with Gasteiger partial charge in [0, 0.05) is 0 Å². The van der Waals surface area contributed by atoms with Crippen molar-refractivity contribution in [2.24, 2.45) is 11.8 Å². The van der Waals surface area contributed by atoms with Crippen molar-refractivity contribution in [1.29, 1.82) is 0 Å². The number of esters is 1. The average molecular weight is 392 g/mol. The maximum Gasteiger partial charge on any atom is 1.00 e. The second kappa shape index (κ2) is 11.4. The Morgan fingerprint density at radius 1 is 1.19 bits per heavy atom. The Morgan fingerprint density at radius 3 is 2.38 bits per heavy atom. The van der Waals surface area contributed by atoms with Crippen LogP contribution in [-0.4, -0.2) is 29.5 Å². The van der Waals surface area contributed by atoms with Crippen LogP contribution in [0.3, 0.4) is 0 Å². The first-order valence-corrected chi connectivity index (χ1v) is 10.2. The van der Waals surface area contributed by atoms with Gasteiger partial charge in [0.05, 0.1) is 5.92 Å². The summed E-state index contributed by atoms with van der Waals surface area (Å²) >= 11 is 0. The van der Waals surface area contributed by atoms with Crippen LogP contribution in [-0.2, 0) is 26.3 Å². The molecule has 0 aliphatic heterocycles. The number of benzene rings is 1. The quantitative estimate of drug-likeness (QED) is 0.366. The topological polar surface area (TPSA) is 104 Å². The second-order valence-electron chi connectivity index (χ2n) is 6.71. The Balaban J connectivity index is 0.00000338. The molecule has 0 radical (unpaired) electrons. The molecule has 1 fully saturated rings. The third-order valence-corrected chi connectivity index (χ3v) is 5.58. The van der Waals surface area contributed by atoms with Crippen LogP contribution in [0.1, 0.15) is 50.5 Å². The van der Waals surface area contributed by atoms with Gasteiger partial charge in [0.15, 0.2) is 0 Å². The molecule has 0 saturated heterocycles. The van der Waals surface area contributed by atoms with E-state index in [0.29, 0.717) is 12.3 Å². The SMILES string of the molecule is O=C(OCc1ccccc1)C(CC1CCCCC1)CC(O)S(=O)(=O)[O-].[Na+]. The molecule has 1 aromatic rings. The summed E-state index contributed by atoms with van der Waals surface area (Å²) in [4.78, 5) is 12.4. The fraction of sp³-hybridized carbons (Fsp3) is 0.611. The van der Waals surface area contributed by atoms with E-state index in [1.807, 2.05) is 30.3 Å². The monoisotopic (exact) mass is 392 g/mol. The fourth-order valence-corrected chi connectivity index (χ4v) is 3.79. The van der Waals surface area contributed by atoms with E-state index in [4.69, 9.17) is 4.74 Å². The summed E-state index contributed by atoms with van der Waals surface area (Å²) in [6.45, 7) is 0.0844. The number of aliphatic hydroxyl groups excluding tert-OH is 1. The molecule has 0 spiro atoms. The van der Waals surface area contributed by atoms with Gasteiger partial charge in [0.25, 0.3) is 0 Å². The fourth-order valence-electron chi connectivity index (χ4n) is 3.32. The Morgan fingerprint density at radius 2 is 1.81 bits per heavy atom. The summed E-state index contributed by atoms with van der Waals surface area (Å²) in [6.07, 6.45) is 5.32. The van der Waals surface area contributed by atoms with Crippen LogP contribution in [0.2, 0.25) is 0 Å². The molecule has 140 valence electrons. The molecule has 6 nitrogen and oxygen atoms in total. The maximum absolute atomic E-state index is 12.4. The van der Waals surface area contributed by atoms with Crippen LogP contribution < -0.4 is 29.6 Å². The molecule has 1 aliphatic rings. The van der Waals surface area contributed by atoms with Crippen LogP contribution >= 0.6 is 0 Å². The van der Waals surface area contributed by atoms with Crippen molar-refractivity contribution in [3.63, 3.8) is 0 Å². The molecule has 1 aliphatic carbocycles. The predicted octanol–water partition coefficient (Wildman–Crippen LogP) is -0.426. The summed E-state index contributed by atoms with van der Waals surface area (Å²) in [7, 11) is -4.84. The van der Waals surface area contributed by atoms with E-state index >= 15 is 0 Å². The van der Waals surface area contributed by atoms with Gasteiger partial charge in [-0.1, -0.05) is 62.4 Å². The van der Waals surface area contributed by atoms with Gasteiger partial charge >= 0.3 is 35.5 Å². The van der Waals surface area contributed by atoms with Crippen LogP contribution in [0.4, 0.5) is 0 Å². The number of rotatable bonds is 8. The summed E-state index contributed by atoms with van der Waals surface area (Å²) in [5, 5.41) is 9.61. The number of hydrogen-bond acceptors (Lipinski definition) is 6. The Labute approximate surface area is 177 Å². The second-order valence-corrected chi connectivity index (χ2v) is 8.24. The first-order valence-electron chi connectivity index (χ1n) is 8.69. The third-order valence-electron chi connectivity index (χ3n) is 4.72. The molecule has 1 N–H and O–H groups in total. The summed E-state index contributed by atoms with van der Waals surface area (Å²) < 4.78 is 38.3. The molecule has 2 unspecified atom stereocenters. The van der Waals surface area contributed by atoms with Crippen LogP contribution in [0.15, 0.2) is 30.3 Å². The van der Waals surface area contributed by atoms with E-state index in [-0.39, 0.29) is 36.2 Å². The Hall–Kier alpha value is -0.440. The van der Waals surface area contributed by atoms with Crippen molar-refractivity contribution >= 4 is 16.1 Å². The molecule has 2 atom stereocenters.